The Morgan fingerprint density at radius 2 is 1.96 bits per heavy atom. The van der Waals surface area contributed by atoms with Crippen molar-refractivity contribution in [2.75, 3.05) is 19.0 Å². The van der Waals surface area contributed by atoms with E-state index in [2.05, 4.69) is 26.4 Å². The first-order chi connectivity index (χ1) is 12.2. The Labute approximate surface area is 143 Å². The standard InChI is InChI=1S/C17H17N5O3/c1-25-14-8-3-2-7-13(14)18-10-15(23)20-22-17(24)12-6-4-5-11-9-19-21-16(11)12/h2-9,18H,10H2,1H3,(H,19,21)(H,20,23)(H,22,24). The number of methoxy groups -OCH3 is 1. The molecule has 1 heterocycles. The van der Waals surface area contributed by atoms with E-state index < -0.39 is 11.8 Å². The summed E-state index contributed by atoms with van der Waals surface area (Å²) >= 11 is 0. The number of rotatable bonds is 5. The molecule has 128 valence electrons. The molecule has 0 bridgehead atoms. The van der Waals surface area contributed by atoms with E-state index in [0.29, 0.717) is 22.5 Å². The highest BCUT2D eigenvalue weighted by atomic mass is 16.5. The summed E-state index contributed by atoms with van der Waals surface area (Å²) in [6.07, 6.45) is 1.63. The summed E-state index contributed by atoms with van der Waals surface area (Å²) in [5, 5.41) is 10.4. The van der Waals surface area contributed by atoms with E-state index in [-0.39, 0.29) is 6.54 Å². The fourth-order valence-corrected chi connectivity index (χ4v) is 2.36. The number of ether oxygens (including phenoxy) is 1. The fourth-order valence-electron chi connectivity index (χ4n) is 2.36. The van der Waals surface area contributed by atoms with E-state index in [4.69, 9.17) is 4.74 Å². The molecule has 3 rings (SSSR count). The van der Waals surface area contributed by atoms with Crippen molar-refractivity contribution in [2.45, 2.75) is 0 Å². The molecular weight excluding hydrogens is 322 g/mol. The van der Waals surface area contributed by atoms with Crippen LogP contribution in [-0.4, -0.2) is 35.7 Å². The van der Waals surface area contributed by atoms with Gasteiger partial charge in [0, 0.05) is 5.39 Å². The molecule has 0 radical (unpaired) electrons. The highest BCUT2D eigenvalue weighted by molar-refractivity contribution is 6.05. The Kier molecular flexibility index (Phi) is 4.79. The quantitative estimate of drug-likeness (QED) is 0.526. The summed E-state index contributed by atoms with van der Waals surface area (Å²) in [5.74, 6) is -0.193. The number of H-pyrrole nitrogens is 1. The molecular formula is C17H17N5O3. The summed E-state index contributed by atoms with van der Waals surface area (Å²) in [7, 11) is 1.55. The van der Waals surface area contributed by atoms with Crippen molar-refractivity contribution in [3.8, 4) is 5.75 Å². The van der Waals surface area contributed by atoms with Crippen LogP contribution in [0.5, 0.6) is 5.75 Å². The lowest BCUT2D eigenvalue weighted by atomic mass is 10.1. The van der Waals surface area contributed by atoms with Gasteiger partial charge in [-0.25, -0.2) is 0 Å². The molecule has 0 aliphatic carbocycles. The first-order valence-electron chi connectivity index (χ1n) is 7.57. The molecule has 0 saturated carbocycles. The smallest absolute Gasteiger partial charge is 0.271 e. The van der Waals surface area contributed by atoms with Gasteiger partial charge in [-0.2, -0.15) is 5.10 Å². The second-order valence-corrected chi connectivity index (χ2v) is 5.20. The summed E-state index contributed by atoms with van der Waals surface area (Å²) < 4.78 is 5.19. The van der Waals surface area contributed by atoms with E-state index in [0.717, 1.165) is 5.39 Å². The van der Waals surface area contributed by atoms with Crippen LogP contribution in [-0.2, 0) is 4.79 Å². The number of benzene rings is 2. The van der Waals surface area contributed by atoms with Gasteiger partial charge in [-0.3, -0.25) is 25.5 Å². The zero-order chi connectivity index (χ0) is 17.6. The number of hydrogen-bond donors (Lipinski definition) is 4. The number of hydrogen-bond acceptors (Lipinski definition) is 5. The Morgan fingerprint density at radius 3 is 2.80 bits per heavy atom. The first-order valence-corrected chi connectivity index (χ1v) is 7.57. The van der Waals surface area contributed by atoms with Crippen molar-refractivity contribution in [3.63, 3.8) is 0 Å². The van der Waals surface area contributed by atoms with E-state index >= 15 is 0 Å². The van der Waals surface area contributed by atoms with Crippen molar-refractivity contribution in [2.24, 2.45) is 0 Å². The molecule has 8 nitrogen and oxygen atoms in total. The molecule has 0 aliphatic rings. The van der Waals surface area contributed by atoms with Crippen LogP contribution in [0.2, 0.25) is 0 Å². The van der Waals surface area contributed by atoms with E-state index in [1.54, 1.807) is 37.6 Å². The number of amides is 2. The molecule has 2 aromatic carbocycles. The molecule has 0 spiro atoms. The molecule has 1 aromatic heterocycles. The number of aromatic amines is 1. The maximum Gasteiger partial charge on any atom is 0.271 e. The monoisotopic (exact) mass is 339 g/mol. The van der Waals surface area contributed by atoms with Gasteiger partial charge in [-0.05, 0) is 18.2 Å². The van der Waals surface area contributed by atoms with Crippen LogP contribution in [0.4, 0.5) is 5.69 Å². The number of para-hydroxylation sites is 3. The van der Waals surface area contributed by atoms with Crippen LogP contribution in [0.1, 0.15) is 10.4 Å². The van der Waals surface area contributed by atoms with Crippen molar-refractivity contribution in [3.05, 3.63) is 54.2 Å². The maximum absolute atomic E-state index is 12.2. The first kappa shape index (κ1) is 16.3. The van der Waals surface area contributed by atoms with Gasteiger partial charge in [0.25, 0.3) is 11.8 Å². The molecule has 0 atom stereocenters. The number of anilines is 1. The minimum atomic E-state index is -0.430. The van der Waals surface area contributed by atoms with Gasteiger partial charge in [-0.1, -0.05) is 24.3 Å². The Morgan fingerprint density at radius 1 is 1.12 bits per heavy atom. The Bertz CT molecular complexity index is 906. The van der Waals surface area contributed by atoms with Crippen molar-refractivity contribution in [1.29, 1.82) is 0 Å². The number of hydrazine groups is 1. The third kappa shape index (κ3) is 3.69. The van der Waals surface area contributed by atoms with Gasteiger partial charge in [-0.15, -0.1) is 0 Å². The molecule has 0 unspecified atom stereocenters. The predicted octanol–water partition coefficient (Wildman–Crippen LogP) is 1.44. The number of nitrogens with one attached hydrogen (secondary N) is 4. The number of nitrogens with zero attached hydrogens (tertiary/aromatic N) is 1. The predicted molar refractivity (Wildman–Crippen MR) is 93.2 cm³/mol. The molecule has 0 fully saturated rings. The van der Waals surface area contributed by atoms with Crippen molar-refractivity contribution >= 4 is 28.4 Å². The summed E-state index contributed by atoms with van der Waals surface area (Å²) in [6, 6.07) is 12.5. The summed E-state index contributed by atoms with van der Waals surface area (Å²) in [5.41, 5.74) is 6.45. The SMILES string of the molecule is COc1ccccc1NCC(=O)NNC(=O)c1cccc2cn[nH]c12. The van der Waals surface area contributed by atoms with Crippen molar-refractivity contribution in [1.82, 2.24) is 21.0 Å². The van der Waals surface area contributed by atoms with Gasteiger partial charge in [0.15, 0.2) is 0 Å². The molecule has 25 heavy (non-hydrogen) atoms. The molecule has 0 aliphatic heterocycles. The number of carbonyl (C=O) groups is 2. The largest absolute Gasteiger partial charge is 0.495 e. The highest BCUT2D eigenvalue weighted by Crippen LogP contribution is 2.22. The summed E-state index contributed by atoms with van der Waals surface area (Å²) in [4.78, 5) is 24.1. The van der Waals surface area contributed by atoms with E-state index in [9.17, 15) is 9.59 Å². The molecule has 8 heteroatoms. The fraction of sp³-hybridized carbons (Fsp3) is 0.118. The lowest BCUT2D eigenvalue weighted by molar-refractivity contribution is -0.120. The summed E-state index contributed by atoms with van der Waals surface area (Å²) in [6.45, 7) is -0.0189. The zero-order valence-electron chi connectivity index (χ0n) is 13.5. The maximum atomic E-state index is 12.2. The minimum Gasteiger partial charge on any atom is -0.495 e. The average Bonchev–Trinajstić information content (AvgIpc) is 3.13. The van der Waals surface area contributed by atoms with Crippen LogP contribution in [0.25, 0.3) is 10.9 Å². The van der Waals surface area contributed by atoms with Crippen LogP contribution in [0.3, 0.4) is 0 Å². The molecule has 2 amide bonds. The van der Waals surface area contributed by atoms with Gasteiger partial charge >= 0.3 is 0 Å². The Balaban J connectivity index is 1.55. The third-order valence-electron chi connectivity index (χ3n) is 3.58. The molecule has 4 N–H and O–H groups in total. The number of fused-ring (bicyclic) bond motifs is 1. The normalized spacial score (nSPS) is 10.3. The van der Waals surface area contributed by atoms with Gasteiger partial charge in [0.1, 0.15) is 5.75 Å². The van der Waals surface area contributed by atoms with Gasteiger partial charge in [0.05, 0.1) is 36.6 Å². The number of carbonyl (C=O) groups excluding carboxylic acids is 2. The lowest BCUT2D eigenvalue weighted by Crippen LogP contribution is -2.44. The second-order valence-electron chi connectivity index (χ2n) is 5.20. The van der Waals surface area contributed by atoms with Gasteiger partial charge < -0.3 is 10.1 Å². The van der Waals surface area contributed by atoms with Crippen LogP contribution in [0, 0.1) is 0 Å². The van der Waals surface area contributed by atoms with Crippen LogP contribution >= 0.6 is 0 Å². The van der Waals surface area contributed by atoms with E-state index in [1.807, 2.05) is 18.2 Å². The lowest BCUT2D eigenvalue weighted by Gasteiger charge is -2.11. The third-order valence-corrected chi connectivity index (χ3v) is 3.58. The highest BCUT2D eigenvalue weighted by Gasteiger charge is 2.12. The van der Waals surface area contributed by atoms with E-state index in [1.165, 1.54) is 0 Å². The second kappa shape index (κ2) is 7.35. The minimum absolute atomic E-state index is 0.0189. The average molecular weight is 339 g/mol. The van der Waals surface area contributed by atoms with Crippen molar-refractivity contribution < 1.29 is 14.3 Å². The Hall–Kier alpha value is -3.55. The number of aromatic nitrogens is 2. The van der Waals surface area contributed by atoms with Crippen LogP contribution < -0.4 is 20.9 Å². The zero-order valence-corrected chi connectivity index (χ0v) is 13.5. The van der Waals surface area contributed by atoms with Crippen LogP contribution in [0.15, 0.2) is 48.7 Å². The topological polar surface area (TPSA) is 108 Å². The van der Waals surface area contributed by atoms with Gasteiger partial charge in [0.2, 0.25) is 0 Å². The molecule has 3 aromatic rings. The molecule has 0 saturated heterocycles.